The normalized spacial score (nSPS) is 14.7. The van der Waals surface area contributed by atoms with Crippen molar-refractivity contribution in [2.24, 2.45) is 0 Å². The zero-order valence-electron chi connectivity index (χ0n) is 12.3. The first-order valence-corrected chi connectivity index (χ1v) is 6.51. The van der Waals surface area contributed by atoms with E-state index in [1.54, 1.807) is 13.0 Å². The third-order valence-electron chi connectivity index (χ3n) is 2.43. The Morgan fingerprint density at radius 1 is 1.45 bits per heavy atom. The second-order valence-electron chi connectivity index (χ2n) is 3.99. The van der Waals surface area contributed by atoms with Crippen molar-refractivity contribution in [3.63, 3.8) is 0 Å². The second-order valence-corrected chi connectivity index (χ2v) is 3.99. The number of esters is 1. The summed E-state index contributed by atoms with van der Waals surface area (Å²) in [6.07, 6.45) is 6.99. The Morgan fingerprint density at radius 3 is 2.55 bits per heavy atom. The molecule has 0 saturated carbocycles. The van der Waals surface area contributed by atoms with E-state index >= 15 is 0 Å². The molecule has 2 radical (unpaired) electrons. The maximum atomic E-state index is 12.9. The fourth-order valence-corrected chi connectivity index (χ4v) is 1.46. The van der Waals surface area contributed by atoms with E-state index < -0.39 is 17.8 Å². The fraction of sp³-hybridized carbons (Fsp3) is 0.400. The van der Waals surface area contributed by atoms with E-state index in [0.29, 0.717) is 12.0 Å². The summed E-state index contributed by atoms with van der Waals surface area (Å²) in [6, 6.07) is -0.684. The van der Waals surface area contributed by atoms with Gasteiger partial charge in [-0.15, -0.1) is 0 Å². The first-order chi connectivity index (χ1) is 9.47. The van der Waals surface area contributed by atoms with Gasteiger partial charge in [0.2, 0.25) is 0 Å². The van der Waals surface area contributed by atoms with E-state index in [9.17, 15) is 9.18 Å². The Labute approximate surface area is 121 Å². The number of hydrogen-bond acceptors (Lipinski definition) is 3. The Balaban J connectivity index is 5.30. The van der Waals surface area contributed by atoms with Crippen molar-refractivity contribution in [1.29, 1.82) is 0 Å². The number of hydrogen-bond donors (Lipinski definition) is 1. The first kappa shape index (κ1) is 18.2. The van der Waals surface area contributed by atoms with Crippen LogP contribution in [0.15, 0.2) is 47.9 Å². The first-order valence-electron chi connectivity index (χ1n) is 6.51. The monoisotopic (exact) mass is 277 g/mol. The van der Waals surface area contributed by atoms with Gasteiger partial charge in [-0.2, -0.15) is 0 Å². The van der Waals surface area contributed by atoms with Gasteiger partial charge >= 0.3 is 5.97 Å². The van der Waals surface area contributed by atoms with Crippen molar-refractivity contribution in [2.45, 2.75) is 33.2 Å². The Bertz CT molecular complexity index is 424. The number of carbonyl (C=O) groups is 1. The number of nitrogens with one attached hydrogen (secondary N) is 1. The van der Waals surface area contributed by atoms with Crippen LogP contribution in [0.2, 0.25) is 0 Å². The van der Waals surface area contributed by atoms with Gasteiger partial charge < -0.3 is 10.1 Å². The van der Waals surface area contributed by atoms with E-state index in [1.165, 1.54) is 19.2 Å². The lowest BCUT2D eigenvalue weighted by atomic mass is 9.93. The van der Waals surface area contributed by atoms with Crippen molar-refractivity contribution >= 4 is 13.8 Å². The zero-order chi connectivity index (χ0) is 15.5. The smallest absolute Gasteiger partial charge is 0.333 e. The van der Waals surface area contributed by atoms with Crippen LogP contribution in [0.1, 0.15) is 27.2 Å². The molecule has 0 bridgehead atoms. The van der Waals surface area contributed by atoms with Crippen LogP contribution in [0.5, 0.6) is 0 Å². The van der Waals surface area contributed by atoms with Crippen molar-refractivity contribution < 1.29 is 13.9 Å². The molecule has 5 heteroatoms. The minimum Gasteiger partial charge on any atom is -0.464 e. The highest BCUT2D eigenvalue weighted by Crippen LogP contribution is 2.11. The number of halogens is 1. The average molecular weight is 277 g/mol. The van der Waals surface area contributed by atoms with Crippen LogP contribution in [0, 0.1) is 0 Å². The lowest BCUT2D eigenvalue weighted by Gasteiger charge is -2.17. The molecule has 0 aliphatic rings. The van der Waals surface area contributed by atoms with E-state index in [1.807, 2.05) is 13.0 Å². The lowest BCUT2D eigenvalue weighted by molar-refractivity contribution is -0.144. The molecule has 1 N–H and O–H groups in total. The third-order valence-corrected chi connectivity index (χ3v) is 2.43. The molecule has 0 saturated heterocycles. The van der Waals surface area contributed by atoms with E-state index in [4.69, 9.17) is 12.6 Å². The molecule has 0 aliphatic carbocycles. The number of carbonyl (C=O) groups excluding carboxylic acids is 1. The molecule has 0 aromatic heterocycles. The summed E-state index contributed by atoms with van der Waals surface area (Å²) in [7, 11) is 5.50. The maximum Gasteiger partial charge on any atom is 0.333 e. The molecule has 3 nitrogen and oxygen atoms in total. The number of rotatable bonds is 8. The molecular formula is C15H21BFNO2. The molecule has 0 heterocycles. The van der Waals surface area contributed by atoms with E-state index in [0.717, 1.165) is 0 Å². The summed E-state index contributed by atoms with van der Waals surface area (Å²) in [4.78, 5) is 11.9. The van der Waals surface area contributed by atoms with Gasteiger partial charge in [0.25, 0.3) is 0 Å². The van der Waals surface area contributed by atoms with E-state index in [-0.39, 0.29) is 12.1 Å². The largest absolute Gasteiger partial charge is 0.464 e. The van der Waals surface area contributed by atoms with Gasteiger partial charge in [-0.05, 0) is 32.0 Å². The van der Waals surface area contributed by atoms with Gasteiger partial charge in [-0.3, -0.25) is 0 Å². The van der Waals surface area contributed by atoms with Gasteiger partial charge in [0, 0.05) is 0 Å². The highest BCUT2D eigenvalue weighted by atomic mass is 19.1. The fourth-order valence-electron chi connectivity index (χ4n) is 1.46. The van der Waals surface area contributed by atoms with Crippen LogP contribution < -0.4 is 5.32 Å². The summed E-state index contributed by atoms with van der Waals surface area (Å²) in [5, 5.41) is 2.82. The van der Waals surface area contributed by atoms with Crippen molar-refractivity contribution in [3.05, 3.63) is 47.9 Å². The lowest BCUT2D eigenvalue weighted by Crippen LogP contribution is -2.36. The van der Waals surface area contributed by atoms with Crippen molar-refractivity contribution in [3.8, 4) is 0 Å². The topological polar surface area (TPSA) is 38.3 Å². The predicted molar refractivity (Wildman–Crippen MR) is 80.8 cm³/mol. The quantitative estimate of drug-likeness (QED) is 0.421. The van der Waals surface area contributed by atoms with Crippen molar-refractivity contribution in [2.75, 3.05) is 6.61 Å². The summed E-state index contributed by atoms with van der Waals surface area (Å²) < 4.78 is 17.9. The Kier molecular flexibility index (Phi) is 9.17. The van der Waals surface area contributed by atoms with E-state index in [2.05, 4.69) is 11.9 Å². The standard InChI is InChI=1S/C15H21BFNO2/c1-5-8-12(9-10-13(16)11(4)17)14(18-6-2)15(19)20-7-3/h6,8-10,14,18H,2,5,7H2,1,3-4H3/b10-9-,12-8-,13-11-. The maximum absolute atomic E-state index is 12.9. The molecule has 20 heavy (non-hydrogen) atoms. The SMILES string of the molecule is [B]C(/C=C\C(=C\CC)C(NC=C)C(=O)OCC)=C(/C)F. The number of ether oxygens (including phenoxy) is 1. The minimum atomic E-state index is -0.684. The van der Waals surface area contributed by atoms with Gasteiger partial charge in [0.05, 0.1) is 12.4 Å². The summed E-state index contributed by atoms with van der Waals surface area (Å²) in [5.74, 6) is -0.891. The van der Waals surface area contributed by atoms with Gasteiger partial charge in [-0.1, -0.05) is 37.2 Å². The molecule has 0 rings (SSSR count). The third kappa shape index (κ3) is 6.41. The highest BCUT2D eigenvalue weighted by Gasteiger charge is 2.20. The van der Waals surface area contributed by atoms with Crippen LogP contribution in [0.3, 0.4) is 0 Å². The molecule has 0 aromatic rings. The van der Waals surface area contributed by atoms with Crippen LogP contribution >= 0.6 is 0 Å². The van der Waals surface area contributed by atoms with Gasteiger partial charge in [0.1, 0.15) is 13.9 Å². The van der Waals surface area contributed by atoms with Crippen LogP contribution in [-0.2, 0) is 9.53 Å². The summed E-state index contributed by atoms with van der Waals surface area (Å²) in [6.45, 7) is 8.76. The minimum absolute atomic E-state index is 0.0215. The molecular weight excluding hydrogens is 256 g/mol. The summed E-state index contributed by atoms with van der Waals surface area (Å²) in [5.41, 5.74) is 0.670. The molecule has 1 atom stereocenters. The molecule has 0 spiro atoms. The summed E-state index contributed by atoms with van der Waals surface area (Å²) >= 11 is 0. The molecule has 108 valence electrons. The zero-order valence-corrected chi connectivity index (χ0v) is 12.3. The molecule has 0 amide bonds. The van der Waals surface area contributed by atoms with Crippen LogP contribution in [-0.4, -0.2) is 26.5 Å². The second kappa shape index (κ2) is 10.1. The predicted octanol–water partition coefficient (Wildman–Crippen LogP) is 2.91. The average Bonchev–Trinajstić information content (AvgIpc) is 2.40. The Morgan fingerprint density at radius 2 is 2.10 bits per heavy atom. The van der Waals surface area contributed by atoms with Crippen LogP contribution in [0.25, 0.3) is 0 Å². The van der Waals surface area contributed by atoms with Crippen molar-refractivity contribution in [1.82, 2.24) is 5.32 Å². The van der Waals surface area contributed by atoms with Crippen LogP contribution in [0.4, 0.5) is 4.39 Å². The molecule has 0 aromatic carbocycles. The van der Waals surface area contributed by atoms with Gasteiger partial charge in [0.15, 0.2) is 0 Å². The number of allylic oxidation sites excluding steroid dienone is 4. The molecule has 0 aliphatic heterocycles. The molecule has 0 fully saturated rings. The van der Waals surface area contributed by atoms with Gasteiger partial charge in [-0.25, -0.2) is 9.18 Å². The Hall–Kier alpha value is -1.78. The molecule has 1 unspecified atom stereocenters. The highest BCUT2D eigenvalue weighted by molar-refractivity contribution is 6.23.